The molecule has 0 aliphatic rings. The molecule has 0 spiro atoms. The standard InChI is InChI=1S/C17H25F2NO2S/c1-2-3-4-5-6-8-11-15(21)14-17(18,19)23(20,22)16-12-9-7-10-13-16/h2,7,9-10,12-13,15,20-21H,1,3-6,8,11,14H2. The van der Waals surface area contributed by atoms with Gasteiger partial charge in [-0.05, 0) is 31.4 Å². The SMILES string of the molecule is C=CCCCCCCC(O)CC(F)(F)S(=N)(=O)c1ccccc1. The first-order valence-electron chi connectivity index (χ1n) is 7.81. The molecule has 0 fully saturated rings. The monoisotopic (exact) mass is 345 g/mol. The van der Waals surface area contributed by atoms with Crippen molar-refractivity contribution in [1.29, 1.82) is 4.78 Å². The molecule has 0 amide bonds. The van der Waals surface area contributed by atoms with Crippen molar-refractivity contribution in [2.75, 3.05) is 0 Å². The Balaban J connectivity index is 2.52. The summed E-state index contributed by atoms with van der Waals surface area (Å²) in [6.07, 6.45) is 4.26. The summed E-state index contributed by atoms with van der Waals surface area (Å²) in [7, 11) is -4.28. The molecule has 130 valence electrons. The number of halogens is 2. The summed E-state index contributed by atoms with van der Waals surface area (Å²) in [5.41, 5.74) is 0. The highest BCUT2D eigenvalue weighted by molar-refractivity contribution is 7.93. The van der Waals surface area contributed by atoms with Gasteiger partial charge in [0.2, 0.25) is 0 Å². The molecule has 1 rings (SSSR count). The van der Waals surface area contributed by atoms with Crippen molar-refractivity contribution in [3.8, 4) is 0 Å². The van der Waals surface area contributed by atoms with Crippen LogP contribution in [0.2, 0.25) is 0 Å². The molecule has 0 saturated carbocycles. The Kier molecular flexibility index (Phi) is 7.85. The molecule has 0 radical (unpaired) electrons. The van der Waals surface area contributed by atoms with Crippen molar-refractivity contribution in [2.24, 2.45) is 0 Å². The van der Waals surface area contributed by atoms with E-state index in [1.54, 1.807) is 6.07 Å². The molecule has 1 aromatic carbocycles. The van der Waals surface area contributed by atoms with E-state index in [0.29, 0.717) is 6.42 Å². The molecular weight excluding hydrogens is 320 g/mol. The Bertz CT molecular complexity index is 574. The third-order valence-corrected chi connectivity index (χ3v) is 5.61. The quantitative estimate of drug-likeness (QED) is 0.440. The molecule has 0 heterocycles. The van der Waals surface area contributed by atoms with Crippen LogP contribution < -0.4 is 0 Å². The van der Waals surface area contributed by atoms with Crippen LogP contribution in [0.4, 0.5) is 8.78 Å². The summed E-state index contributed by atoms with van der Waals surface area (Å²) < 4.78 is 48.2. The fraction of sp³-hybridized carbons (Fsp3) is 0.529. The lowest BCUT2D eigenvalue weighted by Crippen LogP contribution is -2.32. The van der Waals surface area contributed by atoms with Gasteiger partial charge >= 0.3 is 5.25 Å². The lowest BCUT2D eigenvalue weighted by Gasteiger charge is -2.22. The number of hydrogen-bond acceptors (Lipinski definition) is 3. The summed E-state index contributed by atoms with van der Waals surface area (Å²) in [6.45, 7) is 3.63. The Hall–Kier alpha value is -1.27. The number of rotatable bonds is 11. The zero-order chi connectivity index (χ0) is 17.3. The second kappa shape index (κ2) is 9.13. The van der Waals surface area contributed by atoms with Crippen LogP contribution in [0.25, 0.3) is 0 Å². The topological polar surface area (TPSA) is 61.1 Å². The zero-order valence-electron chi connectivity index (χ0n) is 13.2. The molecule has 23 heavy (non-hydrogen) atoms. The fourth-order valence-electron chi connectivity index (χ4n) is 2.30. The Morgan fingerprint density at radius 1 is 1.22 bits per heavy atom. The number of aliphatic hydroxyl groups excluding tert-OH is 1. The van der Waals surface area contributed by atoms with Gasteiger partial charge < -0.3 is 5.11 Å². The highest BCUT2D eigenvalue weighted by Gasteiger charge is 2.44. The fourth-order valence-corrected chi connectivity index (χ4v) is 3.61. The van der Waals surface area contributed by atoms with Crippen molar-refractivity contribution in [3.63, 3.8) is 0 Å². The molecule has 2 atom stereocenters. The predicted octanol–water partition coefficient (Wildman–Crippen LogP) is 4.96. The van der Waals surface area contributed by atoms with E-state index in [-0.39, 0.29) is 11.3 Å². The van der Waals surface area contributed by atoms with Gasteiger partial charge in [-0.15, -0.1) is 6.58 Å². The normalized spacial score (nSPS) is 15.8. The molecular formula is C17H25F2NO2S. The number of allylic oxidation sites excluding steroid dienone is 1. The van der Waals surface area contributed by atoms with Gasteiger partial charge in [-0.2, -0.15) is 8.78 Å². The smallest absolute Gasteiger partial charge is 0.334 e. The summed E-state index contributed by atoms with van der Waals surface area (Å²) >= 11 is 0. The first kappa shape index (κ1) is 19.8. The van der Waals surface area contributed by atoms with E-state index in [4.69, 9.17) is 4.78 Å². The van der Waals surface area contributed by atoms with E-state index in [1.807, 2.05) is 6.08 Å². The molecule has 2 N–H and O–H groups in total. The van der Waals surface area contributed by atoms with E-state index in [1.165, 1.54) is 24.3 Å². The Labute approximate surface area is 137 Å². The predicted molar refractivity (Wildman–Crippen MR) is 89.0 cm³/mol. The minimum Gasteiger partial charge on any atom is -0.393 e. The van der Waals surface area contributed by atoms with Crippen molar-refractivity contribution >= 4 is 9.73 Å². The van der Waals surface area contributed by atoms with Crippen molar-refractivity contribution < 1.29 is 18.1 Å². The van der Waals surface area contributed by atoms with Crippen LogP contribution in [0, 0.1) is 4.78 Å². The van der Waals surface area contributed by atoms with Gasteiger partial charge in [0.1, 0.15) is 9.73 Å². The van der Waals surface area contributed by atoms with Gasteiger partial charge in [0.15, 0.2) is 0 Å². The number of unbranched alkanes of at least 4 members (excludes halogenated alkanes) is 4. The van der Waals surface area contributed by atoms with Gasteiger partial charge in [-0.25, -0.2) is 8.99 Å². The van der Waals surface area contributed by atoms with E-state index in [0.717, 1.165) is 25.7 Å². The van der Waals surface area contributed by atoms with Crippen LogP contribution in [0.15, 0.2) is 47.9 Å². The number of hydrogen-bond donors (Lipinski definition) is 2. The molecule has 0 saturated heterocycles. The van der Waals surface area contributed by atoms with Crippen LogP contribution in [0.5, 0.6) is 0 Å². The summed E-state index contributed by atoms with van der Waals surface area (Å²) in [5, 5.41) is 6.04. The Morgan fingerprint density at radius 2 is 1.83 bits per heavy atom. The van der Waals surface area contributed by atoms with E-state index in [9.17, 15) is 18.1 Å². The van der Waals surface area contributed by atoms with Gasteiger partial charge in [-0.3, -0.25) is 0 Å². The summed E-state index contributed by atoms with van der Waals surface area (Å²) in [4.78, 5) is -0.207. The van der Waals surface area contributed by atoms with Crippen LogP contribution in [0.3, 0.4) is 0 Å². The van der Waals surface area contributed by atoms with Crippen molar-refractivity contribution in [2.45, 2.75) is 61.2 Å². The van der Waals surface area contributed by atoms with Crippen LogP contribution in [-0.2, 0) is 9.73 Å². The van der Waals surface area contributed by atoms with Crippen molar-refractivity contribution in [3.05, 3.63) is 43.0 Å². The number of aliphatic hydroxyl groups is 1. The molecule has 3 nitrogen and oxygen atoms in total. The maximum atomic E-state index is 14.2. The maximum Gasteiger partial charge on any atom is 0.334 e. The molecule has 1 aromatic rings. The second-order valence-electron chi connectivity index (χ2n) is 5.64. The molecule has 0 aromatic heterocycles. The number of alkyl halides is 2. The minimum atomic E-state index is -4.28. The third kappa shape index (κ3) is 6.03. The minimum absolute atomic E-state index is 0.207. The van der Waals surface area contributed by atoms with Gasteiger partial charge in [-0.1, -0.05) is 43.5 Å². The van der Waals surface area contributed by atoms with Gasteiger partial charge in [0.25, 0.3) is 0 Å². The summed E-state index contributed by atoms with van der Waals surface area (Å²) in [5.74, 6) is 0. The molecule has 6 heteroatoms. The average molecular weight is 345 g/mol. The molecule has 0 bridgehead atoms. The highest BCUT2D eigenvalue weighted by atomic mass is 32.2. The lowest BCUT2D eigenvalue weighted by atomic mass is 10.1. The first-order chi connectivity index (χ1) is 10.8. The molecule has 0 aliphatic heterocycles. The second-order valence-corrected chi connectivity index (χ2v) is 7.83. The summed E-state index contributed by atoms with van der Waals surface area (Å²) in [6, 6.07) is 7.07. The maximum absolute atomic E-state index is 14.2. The Morgan fingerprint density at radius 3 is 2.43 bits per heavy atom. The highest BCUT2D eigenvalue weighted by Crippen LogP contribution is 2.34. The zero-order valence-corrected chi connectivity index (χ0v) is 14.0. The van der Waals surface area contributed by atoms with E-state index >= 15 is 0 Å². The van der Waals surface area contributed by atoms with Gasteiger partial charge in [0, 0.05) is 0 Å². The number of benzene rings is 1. The van der Waals surface area contributed by atoms with Crippen molar-refractivity contribution in [1.82, 2.24) is 0 Å². The number of nitrogens with one attached hydrogen (secondary N) is 1. The van der Waals surface area contributed by atoms with Crippen LogP contribution >= 0.6 is 0 Å². The van der Waals surface area contributed by atoms with Crippen LogP contribution in [0.1, 0.15) is 44.9 Å². The molecule has 0 aliphatic carbocycles. The van der Waals surface area contributed by atoms with Gasteiger partial charge in [0.05, 0.1) is 17.4 Å². The van der Waals surface area contributed by atoms with Crippen LogP contribution in [-0.4, -0.2) is 20.7 Å². The molecule has 2 unspecified atom stereocenters. The largest absolute Gasteiger partial charge is 0.393 e. The lowest BCUT2D eigenvalue weighted by molar-refractivity contribution is 0.0239. The average Bonchev–Trinajstić information content (AvgIpc) is 2.51. The van der Waals surface area contributed by atoms with E-state index in [2.05, 4.69) is 6.58 Å². The third-order valence-electron chi connectivity index (χ3n) is 3.66. The van der Waals surface area contributed by atoms with E-state index < -0.39 is 27.5 Å². The first-order valence-corrected chi connectivity index (χ1v) is 9.37.